The Bertz CT molecular complexity index is 58.5. The molecule has 0 saturated heterocycles. The van der Waals surface area contributed by atoms with Crippen LogP contribution in [0.1, 0.15) is 41.5 Å². The van der Waals surface area contributed by atoms with Crippen LogP contribution in [-0.4, -0.2) is 39.3 Å². The second-order valence-corrected chi connectivity index (χ2v) is 2.57. The van der Waals surface area contributed by atoms with E-state index in [-0.39, 0.29) is 38.6 Å². The molecule has 0 aliphatic carbocycles. The van der Waals surface area contributed by atoms with Gasteiger partial charge in [-0.1, -0.05) is 41.5 Å². The van der Waals surface area contributed by atoms with Gasteiger partial charge in [-0.3, -0.25) is 0 Å². The minimum Gasteiger partial charge on any atom is -1.00 e. The molecule has 3 nitrogen and oxygen atoms in total. The van der Waals surface area contributed by atoms with Gasteiger partial charge in [0.05, 0.1) is 0 Å². The number of hydrogen-bond acceptors (Lipinski definition) is 0. The predicted molar refractivity (Wildman–Crippen MR) is 73.3 cm³/mol. The van der Waals surface area contributed by atoms with Crippen molar-refractivity contribution >= 4 is 0 Å². The summed E-state index contributed by atoms with van der Waals surface area (Å²) in [6, 6.07) is 0. The molecule has 5 heteroatoms. The third kappa shape index (κ3) is 77.7. The van der Waals surface area contributed by atoms with Crippen molar-refractivity contribution in [1.29, 1.82) is 0 Å². The van der Waals surface area contributed by atoms with Crippen LogP contribution in [0.2, 0.25) is 0 Å². The van der Waals surface area contributed by atoms with Gasteiger partial charge < -0.3 is 28.4 Å². The largest absolute Gasteiger partial charge is 3.00 e. The summed E-state index contributed by atoms with van der Waals surface area (Å²) in [6.45, 7) is 18.1. The molecule has 105 valence electrons. The number of nitrogens with zero attached hydrogens (tertiary/aromatic N) is 3. The van der Waals surface area contributed by atoms with Crippen LogP contribution >= 0.6 is 0 Å². The molecule has 0 heterocycles. The van der Waals surface area contributed by atoms with Crippen LogP contribution < -0.4 is 12.4 Å². The fourth-order valence-corrected chi connectivity index (χ4v) is 0.671. The van der Waals surface area contributed by atoms with Gasteiger partial charge in [-0.05, 0) is 0 Å². The van der Waals surface area contributed by atoms with Gasteiger partial charge in [-0.15, -0.1) is 0 Å². The molecule has 0 rings (SSSR count). The van der Waals surface area contributed by atoms with Crippen molar-refractivity contribution < 1.29 is 38.6 Å². The van der Waals surface area contributed by atoms with Crippen molar-refractivity contribution in [2.75, 3.05) is 39.3 Å². The molecule has 17 heavy (non-hydrogen) atoms. The molecule has 0 saturated carbocycles. The zero-order chi connectivity index (χ0) is 12.4. The van der Waals surface area contributed by atoms with Gasteiger partial charge in [0.15, 0.2) is 0 Å². The smallest absolute Gasteiger partial charge is 1.00 e. The second-order valence-electron chi connectivity index (χ2n) is 2.57. The van der Waals surface area contributed by atoms with Crippen molar-refractivity contribution in [2.45, 2.75) is 41.5 Å². The number of halogens is 1. The van der Waals surface area contributed by atoms with Crippen molar-refractivity contribution in [2.24, 2.45) is 0 Å². The maximum atomic E-state index is 3.97. The fourth-order valence-electron chi connectivity index (χ4n) is 0.671. The third-order valence-corrected chi connectivity index (χ3v) is 1.34. The van der Waals surface area contributed by atoms with Gasteiger partial charge in [0.2, 0.25) is 0 Å². The Hall–Kier alpha value is 1.05. The first-order valence-corrected chi connectivity index (χ1v) is 6.14. The van der Waals surface area contributed by atoms with Crippen molar-refractivity contribution in [3.8, 4) is 0 Å². The zero-order valence-electron chi connectivity index (χ0n) is 12.5. The molecule has 0 unspecified atom stereocenters. The average molecular weight is 343 g/mol. The standard InChI is InChI=1S/3C4H10N.ClH.Zr/c3*1-3-5-4-2;;/h3*3-4H2,1-2H3;1H;/q3*-1;;+3/p-1. The van der Waals surface area contributed by atoms with Crippen LogP contribution in [0.3, 0.4) is 0 Å². The van der Waals surface area contributed by atoms with E-state index in [2.05, 4.69) is 16.0 Å². The summed E-state index contributed by atoms with van der Waals surface area (Å²) >= 11 is 0. The fraction of sp³-hybridized carbons (Fsp3) is 1.00. The summed E-state index contributed by atoms with van der Waals surface area (Å²) in [5.41, 5.74) is 0. The molecule has 0 amide bonds. The van der Waals surface area contributed by atoms with Crippen LogP contribution in [0.25, 0.3) is 16.0 Å². The van der Waals surface area contributed by atoms with E-state index in [0.717, 1.165) is 39.3 Å². The Labute approximate surface area is 135 Å². The van der Waals surface area contributed by atoms with E-state index < -0.39 is 0 Å². The molecular weight excluding hydrogens is 313 g/mol. The Balaban J connectivity index is -0.0000000400. The Kier molecular flexibility index (Phi) is 78.8. The molecule has 0 atom stereocenters. The maximum absolute atomic E-state index is 3.97. The monoisotopic (exact) mass is 341 g/mol. The number of rotatable bonds is 6. The van der Waals surface area contributed by atoms with Gasteiger partial charge in [0, 0.05) is 0 Å². The van der Waals surface area contributed by atoms with E-state index in [1.54, 1.807) is 0 Å². The molecule has 0 aliphatic heterocycles. The predicted octanol–water partition coefficient (Wildman–Crippen LogP) is 1.20. The molecule has 0 fully saturated rings. The Morgan fingerprint density at radius 3 is 0.588 bits per heavy atom. The topological polar surface area (TPSA) is 42.3 Å². The molecule has 0 bridgehead atoms. The van der Waals surface area contributed by atoms with Crippen molar-refractivity contribution in [3.63, 3.8) is 0 Å². The maximum Gasteiger partial charge on any atom is 3.00 e. The van der Waals surface area contributed by atoms with Gasteiger partial charge in [-0.2, -0.15) is 39.3 Å². The minimum atomic E-state index is 0. The quantitative estimate of drug-likeness (QED) is 0.696. The van der Waals surface area contributed by atoms with Crippen LogP contribution in [0.4, 0.5) is 0 Å². The van der Waals surface area contributed by atoms with E-state index in [1.807, 2.05) is 41.5 Å². The van der Waals surface area contributed by atoms with E-state index in [1.165, 1.54) is 0 Å². The molecule has 0 N–H and O–H groups in total. The van der Waals surface area contributed by atoms with Crippen molar-refractivity contribution in [1.82, 2.24) is 0 Å². The molecule has 0 aliphatic rings. The first kappa shape index (κ1) is 30.8. The van der Waals surface area contributed by atoms with E-state index in [9.17, 15) is 0 Å². The summed E-state index contributed by atoms with van der Waals surface area (Å²) in [5.74, 6) is 0. The SMILES string of the molecule is CC[N-]CC.CC[N-]CC.CC[N-]CC.[Cl-].[Zr+3]. The average Bonchev–Trinajstić information content (AvgIpc) is 2.23. The van der Waals surface area contributed by atoms with Crippen LogP contribution in [-0.2, 0) is 26.2 Å². The van der Waals surface area contributed by atoms with E-state index in [0.29, 0.717) is 0 Å². The Morgan fingerprint density at radius 2 is 0.588 bits per heavy atom. The summed E-state index contributed by atoms with van der Waals surface area (Å²) in [5, 5.41) is 11.9. The van der Waals surface area contributed by atoms with E-state index >= 15 is 0 Å². The van der Waals surface area contributed by atoms with Gasteiger partial charge in [-0.25, -0.2) is 0 Å². The molecular formula is C12H30ClN3Zr-. The van der Waals surface area contributed by atoms with Gasteiger partial charge in [0.25, 0.3) is 0 Å². The normalized spacial score (nSPS) is 7.41. The van der Waals surface area contributed by atoms with Crippen molar-refractivity contribution in [3.05, 3.63) is 16.0 Å². The molecule has 0 aromatic rings. The van der Waals surface area contributed by atoms with Crippen LogP contribution in [0.15, 0.2) is 0 Å². The molecule has 1 radical (unpaired) electrons. The van der Waals surface area contributed by atoms with Gasteiger partial charge in [0.1, 0.15) is 0 Å². The minimum absolute atomic E-state index is 0. The molecule has 0 spiro atoms. The van der Waals surface area contributed by atoms with Crippen LogP contribution in [0, 0.1) is 0 Å². The first-order valence-electron chi connectivity index (χ1n) is 6.14. The summed E-state index contributed by atoms with van der Waals surface area (Å²) in [7, 11) is 0. The first-order chi connectivity index (χ1) is 7.24. The summed E-state index contributed by atoms with van der Waals surface area (Å²) in [4.78, 5) is 0. The van der Waals surface area contributed by atoms with E-state index in [4.69, 9.17) is 0 Å². The summed E-state index contributed by atoms with van der Waals surface area (Å²) < 4.78 is 0. The summed E-state index contributed by atoms with van der Waals surface area (Å²) in [6.07, 6.45) is 0. The molecule has 0 aromatic carbocycles. The third-order valence-electron chi connectivity index (χ3n) is 1.34. The zero-order valence-corrected chi connectivity index (χ0v) is 15.7. The molecule has 0 aromatic heterocycles. The second kappa shape index (κ2) is 43.5. The Morgan fingerprint density at radius 1 is 0.471 bits per heavy atom. The number of hydrogen-bond donors (Lipinski definition) is 0. The van der Waals surface area contributed by atoms with Crippen LogP contribution in [0.5, 0.6) is 0 Å². The van der Waals surface area contributed by atoms with Gasteiger partial charge >= 0.3 is 26.2 Å².